The predicted octanol–water partition coefficient (Wildman–Crippen LogP) is 0.170. The van der Waals surface area contributed by atoms with Gasteiger partial charge in [-0.25, -0.2) is 5.43 Å². The van der Waals surface area contributed by atoms with E-state index in [2.05, 4.69) is 15.8 Å². The molecular formula is C18H28N4O4. The van der Waals surface area contributed by atoms with E-state index in [4.69, 9.17) is 9.47 Å². The number of carbonyl (C=O) groups is 1. The summed E-state index contributed by atoms with van der Waals surface area (Å²) in [5.41, 5.74) is 7.71. The summed E-state index contributed by atoms with van der Waals surface area (Å²) in [5.74, 6) is 1.01. The third-order valence-electron chi connectivity index (χ3n) is 5.37. The van der Waals surface area contributed by atoms with Crippen LogP contribution < -0.4 is 20.3 Å². The smallest absolute Gasteiger partial charge is 0.322 e. The second-order valence-electron chi connectivity index (χ2n) is 6.97. The number of nitrogens with zero attached hydrogens (tertiary/aromatic N) is 2. The van der Waals surface area contributed by atoms with Crippen molar-refractivity contribution in [1.29, 1.82) is 0 Å². The third-order valence-corrected chi connectivity index (χ3v) is 5.37. The van der Waals surface area contributed by atoms with Crippen molar-refractivity contribution in [2.45, 2.75) is 12.1 Å². The molecule has 2 aliphatic heterocycles. The molecule has 8 nitrogen and oxygen atoms in total. The maximum absolute atomic E-state index is 11.4. The van der Waals surface area contributed by atoms with Gasteiger partial charge in [-0.15, -0.1) is 0 Å². The number of piperazine rings is 1. The number of methoxy groups -OCH3 is 2. The molecule has 0 radical (unpaired) electrons. The molecule has 2 fully saturated rings. The molecular weight excluding hydrogens is 336 g/mol. The lowest BCUT2D eigenvalue weighted by molar-refractivity contribution is -0.145. The van der Waals surface area contributed by atoms with Crippen molar-refractivity contribution in [2.24, 2.45) is 5.92 Å². The second-order valence-corrected chi connectivity index (χ2v) is 6.97. The molecule has 2 saturated heterocycles. The van der Waals surface area contributed by atoms with Gasteiger partial charge >= 0.3 is 5.97 Å². The van der Waals surface area contributed by atoms with Gasteiger partial charge in [0.1, 0.15) is 6.04 Å². The van der Waals surface area contributed by atoms with Crippen LogP contribution in [0.4, 0.5) is 0 Å². The summed E-state index contributed by atoms with van der Waals surface area (Å²) in [6.07, 6.45) is 0. The van der Waals surface area contributed by atoms with Crippen LogP contribution in [0.3, 0.4) is 0 Å². The van der Waals surface area contributed by atoms with Gasteiger partial charge in [-0.2, -0.15) is 0 Å². The Labute approximate surface area is 154 Å². The van der Waals surface area contributed by atoms with Crippen molar-refractivity contribution < 1.29 is 19.4 Å². The number of likely N-dealkylation sites (N-methyl/N-ethyl adjacent to an activating group) is 1. The van der Waals surface area contributed by atoms with Crippen molar-refractivity contribution in [3.8, 4) is 11.5 Å². The minimum Gasteiger partial charge on any atom is -0.493 e. The van der Waals surface area contributed by atoms with Crippen LogP contribution in [0, 0.1) is 5.92 Å². The van der Waals surface area contributed by atoms with Crippen LogP contribution in [0.25, 0.3) is 0 Å². The molecule has 0 aliphatic carbocycles. The standard InChI is InChI=1S/C18H28N4O4/c1-21-6-7-22(11-14(21)18(23)24)10-13-9-19-20-17(13)12-4-5-15(25-2)16(8-12)26-3/h4-5,8,13-14,17,19-20H,6-7,9-11H2,1-3H3,(H,23,24). The Morgan fingerprint density at radius 2 is 2.04 bits per heavy atom. The van der Waals surface area contributed by atoms with E-state index in [1.165, 1.54) is 0 Å². The normalized spacial score (nSPS) is 27.4. The first-order valence-electron chi connectivity index (χ1n) is 8.89. The first-order chi connectivity index (χ1) is 12.5. The van der Waals surface area contributed by atoms with E-state index < -0.39 is 12.0 Å². The molecule has 3 N–H and O–H groups in total. The molecule has 144 valence electrons. The fourth-order valence-electron chi connectivity index (χ4n) is 3.80. The maximum Gasteiger partial charge on any atom is 0.322 e. The van der Waals surface area contributed by atoms with Crippen LogP contribution in [0.5, 0.6) is 11.5 Å². The van der Waals surface area contributed by atoms with Gasteiger partial charge in [-0.1, -0.05) is 6.07 Å². The van der Waals surface area contributed by atoms with Gasteiger partial charge < -0.3 is 14.6 Å². The number of carboxylic acids is 1. The lowest BCUT2D eigenvalue weighted by Gasteiger charge is -2.38. The van der Waals surface area contributed by atoms with E-state index in [0.717, 1.165) is 31.7 Å². The number of rotatable bonds is 6. The van der Waals surface area contributed by atoms with Crippen molar-refractivity contribution in [3.05, 3.63) is 23.8 Å². The molecule has 3 unspecified atom stereocenters. The zero-order chi connectivity index (χ0) is 18.7. The Morgan fingerprint density at radius 3 is 2.73 bits per heavy atom. The van der Waals surface area contributed by atoms with Crippen LogP contribution in [0.2, 0.25) is 0 Å². The maximum atomic E-state index is 11.4. The molecule has 2 heterocycles. The third kappa shape index (κ3) is 3.93. The molecule has 1 aromatic carbocycles. The SMILES string of the molecule is COc1ccc(C2NNCC2CN2CCN(C)C(C(=O)O)C2)cc1OC. The Hall–Kier alpha value is -1.87. The van der Waals surface area contributed by atoms with E-state index in [-0.39, 0.29) is 6.04 Å². The summed E-state index contributed by atoms with van der Waals surface area (Å²) in [6, 6.07) is 5.66. The average molecular weight is 364 g/mol. The highest BCUT2D eigenvalue weighted by molar-refractivity contribution is 5.73. The zero-order valence-electron chi connectivity index (χ0n) is 15.6. The van der Waals surface area contributed by atoms with Crippen molar-refractivity contribution >= 4 is 5.97 Å². The lowest BCUT2D eigenvalue weighted by atomic mass is 9.93. The van der Waals surface area contributed by atoms with Crippen LogP contribution in [0.15, 0.2) is 18.2 Å². The fraction of sp³-hybridized carbons (Fsp3) is 0.611. The van der Waals surface area contributed by atoms with E-state index in [9.17, 15) is 9.90 Å². The van der Waals surface area contributed by atoms with Gasteiger partial charge in [0.05, 0.1) is 20.3 Å². The van der Waals surface area contributed by atoms with Gasteiger partial charge in [0.2, 0.25) is 0 Å². The molecule has 0 amide bonds. The van der Waals surface area contributed by atoms with Crippen LogP contribution in [0.1, 0.15) is 11.6 Å². The van der Waals surface area contributed by atoms with Crippen molar-refractivity contribution in [2.75, 3.05) is 54.0 Å². The molecule has 0 aromatic heterocycles. The monoisotopic (exact) mass is 364 g/mol. The van der Waals surface area contributed by atoms with Gasteiger partial charge in [0, 0.05) is 38.6 Å². The number of ether oxygens (including phenoxy) is 2. The number of carboxylic acid groups (broad SMARTS) is 1. The topological polar surface area (TPSA) is 86.3 Å². The Morgan fingerprint density at radius 1 is 1.27 bits per heavy atom. The quantitative estimate of drug-likeness (QED) is 0.659. The van der Waals surface area contributed by atoms with Gasteiger partial charge in [-0.05, 0) is 24.7 Å². The lowest BCUT2D eigenvalue weighted by Crippen LogP contribution is -2.55. The van der Waals surface area contributed by atoms with E-state index >= 15 is 0 Å². The molecule has 0 saturated carbocycles. The Bertz CT molecular complexity index is 642. The number of aliphatic carboxylic acids is 1. The largest absolute Gasteiger partial charge is 0.493 e. The summed E-state index contributed by atoms with van der Waals surface area (Å²) in [4.78, 5) is 15.6. The van der Waals surface area contributed by atoms with E-state index in [1.807, 2.05) is 30.1 Å². The van der Waals surface area contributed by atoms with E-state index in [1.54, 1.807) is 14.2 Å². The summed E-state index contributed by atoms with van der Waals surface area (Å²) in [6.45, 7) is 3.89. The summed E-state index contributed by atoms with van der Waals surface area (Å²) in [7, 11) is 5.14. The zero-order valence-corrected chi connectivity index (χ0v) is 15.6. The molecule has 8 heteroatoms. The predicted molar refractivity (Wildman–Crippen MR) is 97.4 cm³/mol. The minimum absolute atomic E-state index is 0.137. The highest BCUT2D eigenvalue weighted by Crippen LogP contribution is 2.33. The van der Waals surface area contributed by atoms with Crippen molar-refractivity contribution in [3.63, 3.8) is 0 Å². The highest BCUT2D eigenvalue weighted by atomic mass is 16.5. The first kappa shape index (κ1) is 18.9. The number of benzene rings is 1. The average Bonchev–Trinajstić information content (AvgIpc) is 3.10. The van der Waals surface area contributed by atoms with Crippen LogP contribution in [-0.2, 0) is 4.79 Å². The molecule has 1 aromatic rings. The number of nitrogens with one attached hydrogen (secondary N) is 2. The Balaban J connectivity index is 1.70. The molecule has 3 rings (SSSR count). The molecule has 26 heavy (non-hydrogen) atoms. The summed E-state index contributed by atoms with van der Waals surface area (Å²) in [5, 5.41) is 9.41. The minimum atomic E-state index is -0.753. The summed E-state index contributed by atoms with van der Waals surface area (Å²) >= 11 is 0. The molecule has 0 bridgehead atoms. The molecule has 3 atom stereocenters. The van der Waals surface area contributed by atoms with Crippen molar-refractivity contribution in [1.82, 2.24) is 20.7 Å². The molecule has 0 spiro atoms. The fourth-order valence-corrected chi connectivity index (χ4v) is 3.80. The van der Waals surface area contributed by atoms with Gasteiger partial charge in [0.25, 0.3) is 0 Å². The van der Waals surface area contributed by atoms with Gasteiger partial charge in [-0.3, -0.25) is 20.0 Å². The first-order valence-corrected chi connectivity index (χ1v) is 8.89. The number of hydrazine groups is 1. The van der Waals surface area contributed by atoms with E-state index in [0.29, 0.717) is 24.0 Å². The summed E-state index contributed by atoms with van der Waals surface area (Å²) < 4.78 is 10.7. The van der Waals surface area contributed by atoms with Gasteiger partial charge in [0.15, 0.2) is 11.5 Å². The highest BCUT2D eigenvalue weighted by Gasteiger charge is 2.34. The number of hydrogen-bond acceptors (Lipinski definition) is 7. The Kier molecular flexibility index (Phi) is 5.98. The van der Waals surface area contributed by atoms with Crippen LogP contribution in [-0.4, -0.2) is 80.9 Å². The number of hydrogen-bond donors (Lipinski definition) is 3. The second kappa shape index (κ2) is 8.22. The van der Waals surface area contributed by atoms with Crippen LogP contribution >= 0.6 is 0 Å². The molecule has 2 aliphatic rings.